The van der Waals surface area contributed by atoms with Gasteiger partial charge in [0.15, 0.2) is 5.76 Å². The molecule has 29 heavy (non-hydrogen) atoms. The second-order valence-electron chi connectivity index (χ2n) is 7.96. The first-order valence-corrected chi connectivity index (χ1v) is 10.4. The molecule has 2 aromatic heterocycles. The third-order valence-corrected chi connectivity index (χ3v) is 5.77. The summed E-state index contributed by atoms with van der Waals surface area (Å²) in [4.78, 5) is 14.8. The second-order valence-corrected chi connectivity index (χ2v) is 7.96. The van der Waals surface area contributed by atoms with E-state index < -0.39 is 0 Å². The van der Waals surface area contributed by atoms with E-state index in [4.69, 9.17) is 4.42 Å². The van der Waals surface area contributed by atoms with Gasteiger partial charge in [0, 0.05) is 31.0 Å². The molecule has 5 heteroatoms. The number of carbonyl (C=O) groups is 1. The fourth-order valence-electron chi connectivity index (χ4n) is 3.91. The molecule has 1 N–H and O–H groups in total. The molecule has 3 heterocycles. The zero-order chi connectivity index (χ0) is 20.4. The van der Waals surface area contributed by atoms with Gasteiger partial charge in [-0.05, 0) is 50.1 Å². The SMILES string of the molecule is CCC(C)NC(=O)c1ccc(CN2CCn3cccc3C2c2ccc(C)cc2)o1. The predicted octanol–water partition coefficient (Wildman–Crippen LogP) is 4.52. The summed E-state index contributed by atoms with van der Waals surface area (Å²) in [6, 6.07) is 17.1. The van der Waals surface area contributed by atoms with Crippen molar-refractivity contribution in [3.8, 4) is 0 Å². The molecule has 1 amide bonds. The average Bonchev–Trinajstić information content (AvgIpc) is 3.38. The molecule has 0 saturated heterocycles. The van der Waals surface area contributed by atoms with Gasteiger partial charge in [0.05, 0.1) is 12.6 Å². The van der Waals surface area contributed by atoms with Crippen LogP contribution in [-0.2, 0) is 13.1 Å². The van der Waals surface area contributed by atoms with Crippen molar-refractivity contribution in [3.05, 3.63) is 83.1 Å². The third kappa shape index (κ3) is 4.15. The van der Waals surface area contributed by atoms with E-state index in [1.54, 1.807) is 6.07 Å². The molecule has 3 aromatic rings. The lowest BCUT2D eigenvalue weighted by atomic mass is 9.99. The zero-order valence-electron chi connectivity index (χ0n) is 17.4. The van der Waals surface area contributed by atoms with Crippen LogP contribution in [-0.4, -0.2) is 28.0 Å². The number of aromatic nitrogens is 1. The molecule has 2 unspecified atom stereocenters. The molecule has 5 nitrogen and oxygen atoms in total. The second kappa shape index (κ2) is 8.29. The van der Waals surface area contributed by atoms with Crippen molar-refractivity contribution < 1.29 is 9.21 Å². The van der Waals surface area contributed by atoms with Crippen LogP contribution in [0.5, 0.6) is 0 Å². The van der Waals surface area contributed by atoms with Crippen LogP contribution in [0.3, 0.4) is 0 Å². The maximum Gasteiger partial charge on any atom is 0.287 e. The summed E-state index contributed by atoms with van der Waals surface area (Å²) < 4.78 is 8.23. The van der Waals surface area contributed by atoms with Gasteiger partial charge >= 0.3 is 0 Å². The zero-order valence-corrected chi connectivity index (χ0v) is 17.4. The Kier molecular flexibility index (Phi) is 5.58. The molecule has 152 valence electrons. The largest absolute Gasteiger partial charge is 0.455 e. The van der Waals surface area contributed by atoms with Crippen molar-refractivity contribution in [1.82, 2.24) is 14.8 Å². The monoisotopic (exact) mass is 391 g/mol. The predicted molar refractivity (Wildman–Crippen MR) is 114 cm³/mol. The highest BCUT2D eigenvalue weighted by Crippen LogP contribution is 2.33. The molecule has 4 rings (SSSR count). The minimum Gasteiger partial charge on any atom is -0.455 e. The number of nitrogens with zero attached hydrogens (tertiary/aromatic N) is 2. The fraction of sp³-hybridized carbons (Fsp3) is 0.375. The summed E-state index contributed by atoms with van der Waals surface area (Å²) in [5.74, 6) is 1.05. The van der Waals surface area contributed by atoms with Gasteiger partial charge in [-0.25, -0.2) is 0 Å². The molecule has 0 aliphatic carbocycles. The van der Waals surface area contributed by atoms with Crippen LogP contribution in [0.1, 0.15) is 59.4 Å². The number of nitrogens with one attached hydrogen (secondary N) is 1. The number of hydrogen-bond donors (Lipinski definition) is 1. The van der Waals surface area contributed by atoms with Gasteiger partial charge in [0.25, 0.3) is 5.91 Å². The van der Waals surface area contributed by atoms with Gasteiger partial charge in [-0.3, -0.25) is 9.69 Å². The van der Waals surface area contributed by atoms with E-state index in [1.165, 1.54) is 16.8 Å². The Morgan fingerprint density at radius 2 is 1.97 bits per heavy atom. The summed E-state index contributed by atoms with van der Waals surface area (Å²) in [5.41, 5.74) is 3.83. The molecule has 1 aliphatic rings. The van der Waals surface area contributed by atoms with Crippen molar-refractivity contribution in [2.24, 2.45) is 0 Å². The Bertz CT molecular complexity index is 970. The van der Waals surface area contributed by atoms with E-state index in [0.717, 1.165) is 25.3 Å². The number of furan rings is 1. The molecule has 0 radical (unpaired) electrons. The van der Waals surface area contributed by atoms with E-state index >= 15 is 0 Å². The Hall–Kier alpha value is -2.79. The van der Waals surface area contributed by atoms with Gasteiger partial charge in [-0.1, -0.05) is 36.8 Å². The number of rotatable bonds is 6. The number of benzene rings is 1. The lowest BCUT2D eigenvalue weighted by Crippen LogP contribution is -2.37. The van der Waals surface area contributed by atoms with Gasteiger partial charge in [0.1, 0.15) is 5.76 Å². The number of aryl methyl sites for hydroxylation is 1. The number of carbonyl (C=O) groups excluding carboxylic acids is 1. The minimum atomic E-state index is -0.145. The minimum absolute atomic E-state index is 0.136. The lowest BCUT2D eigenvalue weighted by Gasteiger charge is -2.37. The molecule has 0 fully saturated rings. The van der Waals surface area contributed by atoms with Crippen molar-refractivity contribution in [2.45, 2.75) is 52.4 Å². The Morgan fingerprint density at radius 3 is 2.72 bits per heavy atom. The van der Waals surface area contributed by atoms with Gasteiger partial charge < -0.3 is 14.3 Å². The average molecular weight is 392 g/mol. The third-order valence-electron chi connectivity index (χ3n) is 5.77. The fourth-order valence-corrected chi connectivity index (χ4v) is 3.91. The maximum absolute atomic E-state index is 12.3. The van der Waals surface area contributed by atoms with Crippen LogP contribution in [0.2, 0.25) is 0 Å². The van der Waals surface area contributed by atoms with Gasteiger partial charge in [0.2, 0.25) is 0 Å². The van der Waals surface area contributed by atoms with Gasteiger partial charge in [-0.15, -0.1) is 0 Å². The van der Waals surface area contributed by atoms with Crippen molar-refractivity contribution in [2.75, 3.05) is 6.54 Å². The summed E-state index contributed by atoms with van der Waals surface area (Å²) in [5, 5.41) is 2.96. The van der Waals surface area contributed by atoms with Crippen LogP contribution in [0, 0.1) is 6.92 Å². The summed E-state index contributed by atoms with van der Waals surface area (Å²) in [6.07, 6.45) is 3.04. The highest BCUT2D eigenvalue weighted by Gasteiger charge is 2.29. The first-order chi connectivity index (χ1) is 14.0. The standard InChI is InChI=1S/C24H29N3O2/c1-4-18(3)25-24(28)22-12-11-20(29-22)16-27-15-14-26-13-5-6-21(26)23(27)19-9-7-17(2)8-10-19/h5-13,18,23H,4,14-16H2,1-3H3,(H,25,28). The van der Waals surface area contributed by atoms with Crippen molar-refractivity contribution in [3.63, 3.8) is 0 Å². The lowest BCUT2D eigenvalue weighted by molar-refractivity contribution is 0.0904. The van der Waals surface area contributed by atoms with Crippen LogP contribution in [0.15, 0.2) is 59.1 Å². The summed E-state index contributed by atoms with van der Waals surface area (Å²) in [6.45, 7) is 8.70. The number of amides is 1. The van der Waals surface area contributed by atoms with E-state index in [0.29, 0.717) is 12.3 Å². The molecule has 0 saturated carbocycles. The molecule has 1 aliphatic heterocycles. The first kappa shape index (κ1) is 19.5. The van der Waals surface area contributed by atoms with E-state index in [9.17, 15) is 4.79 Å². The Balaban J connectivity index is 1.56. The molecular formula is C24H29N3O2. The van der Waals surface area contributed by atoms with E-state index in [-0.39, 0.29) is 18.0 Å². The first-order valence-electron chi connectivity index (χ1n) is 10.4. The van der Waals surface area contributed by atoms with Gasteiger partial charge in [-0.2, -0.15) is 0 Å². The maximum atomic E-state index is 12.3. The summed E-state index contributed by atoms with van der Waals surface area (Å²) in [7, 11) is 0. The highest BCUT2D eigenvalue weighted by molar-refractivity contribution is 5.91. The number of fused-ring (bicyclic) bond motifs is 1. The Labute approximate surface area is 172 Å². The van der Waals surface area contributed by atoms with E-state index in [1.807, 2.05) is 13.0 Å². The molecule has 0 spiro atoms. The van der Waals surface area contributed by atoms with Crippen LogP contribution < -0.4 is 5.32 Å². The molecular weight excluding hydrogens is 362 g/mol. The van der Waals surface area contributed by atoms with E-state index in [2.05, 4.69) is 71.2 Å². The van der Waals surface area contributed by atoms with Crippen LogP contribution in [0.25, 0.3) is 0 Å². The molecule has 1 aromatic carbocycles. The number of hydrogen-bond acceptors (Lipinski definition) is 3. The van der Waals surface area contributed by atoms with Crippen molar-refractivity contribution >= 4 is 5.91 Å². The van der Waals surface area contributed by atoms with Crippen LogP contribution >= 0.6 is 0 Å². The van der Waals surface area contributed by atoms with Crippen molar-refractivity contribution in [1.29, 1.82) is 0 Å². The topological polar surface area (TPSA) is 50.4 Å². The smallest absolute Gasteiger partial charge is 0.287 e. The normalized spacial score (nSPS) is 17.7. The molecule has 0 bridgehead atoms. The van der Waals surface area contributed by atoms with Crippen LogP contribution in [0.4, 0.5) is 0 Å². The highest BCUT2D eigenvalue weighted by atomic mass is 16.4. The Morgan fingerprint density at radius 1 is 1.17 bits per heavy atom. The quantitative estimate of drug-likeness (QED) is 0.672. The summed E-state index contributed by atoms with van der Waals surface area (Å²) >= 11 is 0. The molecule has 2 atom stereocenters.